The molecule has 0 spiro atoms. The molecule has 122 valence electrons. The number of carbonyl (C=O) groups is 1. The van der Waals surface area contributed by atoms with E-state index < -0.39 is 5.91 Å². The van der Waals surface area contributed by atoms with E-state index in [1.54, 1.807) is 30.3 Å². The Kier molecular flexibility index (Phi) is 5.89. The second kappa shape index (κ2) is 7.71. The lowest BCUT2D eigenvalue weighted by molar-refractivity contribution is -0.112. The van der Waals surface area contributed by atoms with Crippen molar-refractivity contribution in [2.75, 3.05) is 5.32 Å². The fraction of sp³-hybridized carbons (Fsp3) is 0. The number of nitrogens with one attached hydrogen (secondary N) is 1. The first-order valence-electron chi connectivity index (χ1n) is 6.42. The minimum Gasteiger partial charge on any atom is -0.504 e. The molecule has 0 aromatic heterocycles. The number of halogens is 3. The number of nitriles is 1. The van der Waals surface area contributed by atoms with E-state index in [1.807, 2.05) is 0 Å². The van der Waals surface area contributed by atoms with Crippen LogP contribution in [0.4, 0.5) is 5.69 Å². The van der Waals surface area contributed by atoms with Crippen LogP contribution >= 0.6 is 43.5 Å². The lowest BCUT2D eigenvalue weighted by Crippen LogP contribution is -2.13. The van der Waals surface area contributed by atoms with Gasteiger partial charge in [-0.1, -0.05) is 17.7 Å². The molecule has 1 amide bonds. The predicted octanol–water partition coefficient (Wildman–Crippen LogP) is 4.82. The maximum absolute atomic E-state index is 12.2. The molecule has 0 aliphatic heterocycles. The summed E-state index contributed by atoms with van der Waals surface area (Å²) >= 11 is 12.2. The first-order chi connectivity index (χ1) is 11.3. The molecule has 3 N–H and O–H groups in total. The Morgan fingerprint density at radius 3 is 2.58 bits per heavy atom. The minimum absolute atomic E-state index is 0.187. The largest absolute Gasteiger partial charge is 0.504 e. The second-order valence-electron chi connectivity index (χ2n) is 4.60. The van der Waals surface area contributed by atoms with Crippen molar-refractivity contribution in [3.63, 3.8) is 0 Å². The number of hydrogen-bond acceptors (Lipinski definition) is 4. The highest BCUT2D eigenvalue weighted by Crippen LogP contribution is 2.41. The number of nitrogens with zero attached hydrogens (tertiary/aromatic N) is 1. The van der Waals surface area contributed by atoms with E-state index in [0.717, 1.165) is 0 Å². The first kappa shape index (κ1) is 18.3. The number of anilines is 1. The third-order valence-corrected chi connectivity index (χ3v) is 5.33. The van der Waals surface area contributed by atoms with E-state index in [-0.39, 0.29) is 21.5 Å². The van der Waals surface area contributed by atoms with Crippen LogP contribution in [0.15, 0.2) is 44.9 Å². The van der Waals surface area contributed by atoms with Gasteiger partial charge in [0.05, 0.1) is 4.47 Å². The molecule has 0 unspecified atom stereocenters. The van der Waals surface area contributed by atoms with Gasteiger partial charge < -0.3 is 15.5 Å². The number of amides is 1. The number of hydrogen-bond donors (Lipinski definition) is 3. The average molecular weight is 473 g/mol. The number of phenols is 2. The Labute approximate surface area is 159 Å². The summed E-state index contributed by atoms with van der Waals surface area (Å²) in [5.41, 5.74) is 0.602. The molecule has 2 aromatic carbocycles. The molecule has 0 bridgehead atoms. The van der Waals surface area contributed by atoms with Crippen molar-refractivity contribution >= 4 is 61.1 Å². The number of aromatic hydroxyl groups is 2. The SMILES string of the molecule is N#CC(=Cc1cc(O)c(O)c(Br)c1Br)C(=O)Nc1cccc(Cl)c1. The van der Waals surface area contributed by atoms with Crippen LogP contribution in [0.25, 0.3) is 6.08 Å². The fourth-order valence-electron chi connectivity index (χ4n) is 1.80. The van der Waals surface area contributed by atoms with Crippen LogP contribution in [-0.2, 0) is 4.79 Å². The van der Waals surface area contributed by atoms with Crippen LogP contribution in [0, 0.1) is 11.3 Å². The molecule has 0 atom stereocenters. The summed E-state index contributed by atoms with van der Waals surface area (Å²) in [6, 6.07) is 9.54. The van der Waals surface area contributed by atoms with Gasteiger partial charge in [0.2, 0.25) is 0 Å². The van der Waals surface area contributed by atoms with Gasteiger partial charge in [-0.05, 0) is 67.8 Å². The minimum atomic E-state index is -0.629. The van der Waals surface area contributed by atoms with Gasteiger partial charge in [-0.2, -0.15) is 5.26 Å². The van der Waals surface area contributed by atoms with Crippen molar-refractivity contribution in [3.8, 4) is 17.6 Å². The Bertz CT molecular complexity index is 892. The normalized spacial score (nSPS) is 11.0. The maximum atomic E-state index is 12.2. The molecule has 2 rings (SSSR count). The topological polar surface area (TPSA) is 93.3 Å². The maximum Gasteiger partial charge on any atom is 0.266 e. The molecule has 24 heavy (non-hydrogen) atoms. The summed E-state index contributed by atoms with van der Waals surface area (Å²) in [5, 5.41) is 31.5. The van der Waals surface area contributed by atoms with E-state index in [2.05, 4.69) is 37.2 Å². The molecule has 0 aliphatic rings. The summed E-state index contributed by atoms with van der Waals surface area (Å²) in [4.78, 5) is 12.2. The number of rotatable bonds is 3. The standard InChI is InChI=1S/C16H9Br2ClN2O3/c17-13-8(5-12(22)15(23)14(13)18)4-9(7-20)16(24)21-11-3-1-2-10(19)6-11/h1-6,22-23H,(H,21,24). The summed E-state index contributed by atoms with van der Waals surface area (Å²) in [5.74, 6) is -1.36. The predicted molar refractivity (Wildman–Crippen MR) is 98.8 cm³/mol. The molecule has 5 nitrogen and oxygen atoms in total. The Morgan fingerprint density at radius 2 is 1.96 bits per heavy atom. The number of phenolic OH excluding ortho intramolecular Hbond substituents is 2. The summed E-state index contributed by atoms with van der Waals surface area (Å²) < 4.78 is 0.599. The summed E-state index contributed by atoms with van der Waals surface area (Å²) in [6.45, 7) is 0. The lowest BCUT2D eigenvalue weighted by atomic mass is 10.1. The van der Waals surface area contributed by atoms with Crippen LogP contribution in [-0.4, -0.2) is 16.1 Å². The van der Waals surface area contributed by atoms with Gasteiger partial charge in [-0.25, -0.2) is 0 Å². The van der Waals surface area contributed by atoms with Crippen molar-refractivity contribution < 1.29 is 15.0 Å². The van der Waals surface area contributed by atoms with Crippen LogP contribution in [0.3, 0.4) is 0 Å². The van der Waals surface area contributed by atoms with E-state index in [4.69, 9.17) is 11.6 Å². The van der Waals surface area contributed by atoms with E-state index >= 15 is 0 Å². The monoisotopic (exact) mass is 470 g/mol. The van der Waals surface area contributed by atoms with Gasteiger partial charge in [0, 0.05) is 15.2 Å². The van der Waals surface area contributed by atoms with Gasteiger partial charge in [0.25, 0.3) is 5.91 Å². The molecular formula is C16H9Br2ClN2O3. The highest BCUT2D eigenvalue weighted by molar-refractivity contribution is 9.13. The zero-order chi connectivity index (χ0) is 17.9. The molecular weight excluding hydrogens is 463 g/mol. The van der Waals surface area contributed by atoms with Crippen molar-refractivity contribution in [1.29, 1.82) is 5.26 Å². The van der Waals surface area contributed by atoms with E-state index in [0.29, 0.717) is 20.7 Å². The molecule has 2 aromatic rings. The quantitative estimate of drug-likeness (QED) is 0.339. The second-order valence-corrected chi connectivity index (χ2v) is 6.62. The van der Waals surface area contributed by atoms with Gasteiger partial charge in [-0.15, -0.1) is 0 Å². The summed E-state index contributed by atoms with van der Waals surface area (Å²) in [6.07, 6.45) is 1.29. The highest BCUT2D eigenvalue weighted by atomic mass is 79.9. The number of benzene rings is 2. The molecule has 0 aliphatic carbocycles. The zero-order valence-electron chi connectivity index (χ0n) is 11.8. The highest BCUT2D eigenvalue weighted by Gasteiger charge is 2.15. The van der Waals surface area contributed by atoms with Crippen LogP contribution in [0.2, 0.25) is 5.02 Å². The lowest BCUT2D eigenvalue weighted by Gasteiger charge is -2.08. The van der Waals surface area contributed by atoms with Crippen molar-refractivity contribution in [2.45, 2.75) is 0 Å². The molecule has 8 heteroatoms. The third-order valence-electron chi connectivity index (χ3n) is 2.94. The van der Waals surface area contributed by atoms with Crippen LogP contribution in [0.1, 0.15) is 5.56 Å². The van der Waals surface area contributed by atoms with Crippen molar-refractivity contribution in [2.24, 2.45) is 0 Å². The fourth-order valence-corrected chi connectivity index (χ4v) is 2.83. The average Bonchev–Trinajstić information content (AvgIpc) is 2.55. The first-order valence-corrected chi connectivity index (χ1v) is 8.38. The van der Waals surface area contributed by atoms with Crippen LogP contribution < -0.4 is 5.32 Å². The van der Waals surface area contributed by atoms with Gasteiger partial charge >= 0.3 is 0 Å². The Hall–Kier alpha value is -2.01. The smallest absolute Gasteiger partial charge is 0.266 e. The third kappa shape index (κ3) is 4.09. The molecule has 0 radical (unpaired) electrons. The summed E-state index contributed by atoms with van der Waals surface area (Å²) in [7, 11) is 0. The van der Waals surface area contributed by atoms with Gasteiger partial charge in [-0.3, -0.25) is 4.79 Å². The van der Waals surface area contributed by atoms with Crippen LogP contribution in [0.5, 0.6) is 11.5 Å². The van der Waals surface area contributed by atoms with Crippen molar-refractivity contribution in [3.05, 3.63) is 55.4 Å². The van der Waals surface area contributed by atoms with Gasteiger partial charge in [0.15, 0.2) is 11.5 Å². The van der Waals surface area contributed by atoms with E-state index in [9.17, 15) is 20.3 Å². The Balaban J connectivity index is 2.36. The molecule has 0 saturated carbocycles. The van der Waals surface area contributed by atoms with E-state index in [1.165, 1.54) is 12.1 Å². The number of carbonyl (C=O) groups excluding carboxylic acids is 1. The Morgan fingerprint density at radius 1 is 1.25 bits per heavy atom. The zero-order valence-corrected chi connectivity index (χ0v) is 15.8. The molecule has 0 saturated heterocycles. The van der Waals surface area contributed by atoms with Gasteiger partial charge in [0.1, 0.15) is 11.6 Å². The molecule has 0 fully saturated rings. The molecule has 0 heterocycles. The van der Waals surface area contributed by atoms with Crippen molar-refractivity contribution in [1.82, 2.24) is 0 Å².